The standard InChI is InChI=1S/C19H30N2O4/c1-3-21-18(22)13-25-16-8-7-15(11-17(16)24-2)12-20-14-19(23)9-5-4-6-10-19/h7-8,11,20,23H,3-6,9-10,12-14H2,1-2H3,(H,21,22). The van der Waals surface area contributed by atoms with Crippen LogP contribution in [0.5, 0.6) is 11.5 Å². The molecular formula is C19H30N2O4. The number of benzene rings is 1. The van der Waals surface area contributed by atoms with E-state index >= 15 is 0 Å². The molecule has 0 unspecified atom stereocenters. The average Bonchev–Trinajstić information content (AvgIpc) is 2.61. The third-order valence-electron chi connectivity index (χ3n) is 4.53. The fourth-order valence-electron chi connectivity index (χ4n) is 3.16. The van der Waals surface area contributed by atoms with E-state index in [1.807, 2.05) is 25.1 Å². The summed E-state index contributed by atoms with van der Waals surface area (Å²) >= 11 is 0. The van der Waals surface area contributed by atoms with Crippen molar-refractivity contribution >= 4 is 5.91 Å². The van der Waals surface area contributed by atoms with Gasteiger partial charge in [0.05, 0.1) is 12.7 Å². The molecule has 0 radical (unpaired) electrons. The van der Waals surface area contributed by atoms with Gasteiger partial charge in [0, 0.05) is 19.6 Å². The van der Waals surface area contributed by atoms with E-state index in [4.69, 9.17) is 9.47 Å². The maximum Gasteiger partial charge on any atom is 0.257 e. The molecule has 6 heteroatoms. The Morgan fingerprint density at radius 2 is 2.00 bits per heavy atom. The first-order valence-electron chi connectivity index (χ1n) is 9.06. The highest BCUT2D eigenvalue weighted by Gasteiger charge is 2.28. The van der Waals surface area contributed by atoms with Crippen LogP contribution in [0.1, 0.15) is 44.6 Å². The van der Waals surface area contributed by atoms with Crippen LogP contribution < -0.4 is 20.1 Å². The van der Waals surface area contributed by atoms with Crippen LogP contribution in [-0.4, -0.2) is 43.4 Å². The van der Waals surface area contributed by atoms with Gasteiger partial charge in [-0.3, -0.25) is 4.79 Å². The van der Waals surface area contributed by atoms with E-state index in [0.717, 1.165) is 31.2 Å². The summed E-state index contributed by atoms with van der Waals surface area (Å²) in [4.78, 5) is 11.5. The lowest BCUT2D eigenvalue weighted by molar-refractivity contribution is -0.123. The Morgan fingerprint density at radius 3 is 2.68 bits per heavy atom. The van der Waals surface area contributed by atoms with Crippen molar-refractivity contribution < 1.29 is 19.4 Å². The van der Waals surface area contributed by atoms with Crippen molar-refractivity contribution in [2.45, 2.75) is 51.2 Å². The van der Waals surface area contributed by atoms with E-state index in [-0.39, 0.29) is 12.5 Å². The average molecular weight is 350 g/mol. The van der Waals surface area contributed by atoms with E-state index in [9.17, 15) is 9.90 Å². The number of hydrogen-bond donors (Lipinski definition) is 3. The van der Waals surface area contributed by atoms with Gasteiger partial charge < -0.3 is 25.2 Å². The maximum atomic E-state index is 11.5. The zero-order valence-electron chi connectivity index (χ0n) is 15.3. The lowest BCUT2D eigenvalue weighted by atomic mass is 9.85. The zero-order valence-corrected chi connectivity index (χ0v) is 15.3. The molecule has 0 aliphatic heterocycles. The summed E-state index contributed by atoms with van der Waals surface area (Å²) in [7, 11) is 1.58. The van der Waals surface area contributed by atoms with E-state index in [1.165, 1.54) is 6.42 Å². The number of rotatable bonds is 9. The van der Waals surface area contributed by atoms with Gasteiger partial charge in [-0.2, -0.15) is 0 Å². The predicted molar refractivity (Wildman–Crippen MR) is 96.9 cm³/mol. The van der Waals surface area contributed by atoms with Crippen LogP contribution in [0.4, 0.5) is 0 Å². The quantitative estimate of drug-likeness (QED) is 0.635. The maximum absolute atomic E-state index is 11.5. The Balaban J connectivity index is 1.86. The molecule has 2 rings (SSSR count). The van der Waals surface area contributed by atoms with Crippen LogP contribution >= 0.6 is 0 Å². The van der Waals surface area contributed by atoms with Crippen molar-refractivity contribution in [3.05, 3.63) is 23.8 Å². The highest BCUT2D eigenvalue weighted by atomic mass is 16.5. The lowest BCUT2D eigenvalue weighted by Crippen LogP contribution is -2.41. The highest BCUT2D eigenvalue weighted by Crippen LogP contribution is 2.29. The number of amides is 1. The van der Waals surface area contributed by atoms with E-state index in [1.54, 1.807) is 7.11 Å². The second-order valence-corrected chi connectivity index (χ2v) is 6.62. The largest absolute Gasteiger partial charge is 0.493 e. The molecule has 0 spiro atoms. The topological polar surface area (TPSA) is 79.8 Å². The van der Waals surface area contributed by atoms with Crippen molar-refractivity contribution in [1.82, 2.24) is 10.6 Å². The molecule has 1 aliphatic carbocycles. The smallest absolute Gasteiger partial charge is 0.257 e. The molecule has 0 aromatic heterocycles. The molecule has 1 aromatic rings. The van der Waals surface area contributed by atoms with Crippen molar-refractivity contribution in [1.29, 1.82) is 0 Å². The first-order valence-corrected chi connectivity index (χ1v) is 9.06. The lowest BCUT2D eigenvalue weighted by Gasteiger charge is -2.32. The molecule has 1 saturated carbocycles. The molecular weight excluding hydrogens is 320 g/mol. The molecule has 0 bridgehead atoms. The Kier molecular flexibility index (Phi) is 7.52. The number of likely N-dealkylation sites (N-methyl/N-ethyl adjacent to an activating group) is 1. The van der Waals surface area contributed by atoms with Crippen LogP contribution in [-0.2, 0) is 11.3 Å². The molecule has 1 amide bonds. The van der Waals surface area contributed by atoms with Crippen LogP contribution in [0.3, 0.4) is 0 Å². The number of carbonyl (C=O) groups excluding carboxylic acids is 1. The molecule has 1 fully saturated rings. The minimum Gasteiger partial charge on any atom is -0.493 e. The minimum absolute atomic E-state index is 0.0329. The fraction of sp³-hybridized carbons (Fsp3) is 0.632. The first-order chi connectivity index (χ1) is 12.1. The summed E-state index contributed by atoms with van der Waals surface area (Å²) < 4.78 is 10.9. The van der Waals surface area contributed by atoms with Crippen LogP contribution in [0, 0.1) is 0 Å². The van der Waals surface area contributed by atoms with Gasteiger partial charge in [-0.05, 0) is 37.5 Å². The number of carbonyl (C=O) groups is 1. The minimum atomic E-state index is -0.571. The van der Waals surface area contributed by atoms with E-state index in [2.05, 4.69) is 10.6 Å². The van der Waals surface area contributed by atoms with E-state index < -0.39 is 5.60 Å². The molecule has 6 nitrogen and oxygen atoms in total. The Morgan fingerprint density at radius 1 is 1.24 bits per heavy atom. The molecule has 0 heterocycles. The molecule has 140 valence electrons. The second kappa shape index (κ2) is 9.63. The molecule has 0 saturated heterocycles. The number of ether oxygens (including phenoxy) is 2. The van der Waals surface area contributed by atoms with Gasteiger partial charge in [-0.1, -0.05) is 25.3 Å². The third kappa shape index (κ3) is 6.21. The van der Waals surface area contributed by atoms with Crippen molar-refractivity contribution in [2.24, 2.45) is 0 Å². The van der Waals surface area contributed by atoms with Crippen LogP contribution in [0.15, 0.2) is 18.2 Å². The predicted octanol–water partition coefficient (Wildman–Crippen LogP) is 1.99. The number of hydrogen-bond acceptors (Lipinski definition) is 5. The highest BCUT2D eigenvalue weighted by molar-refractivity contribution is 5.77. The summed E-state index contributed by atoms with van der Waals surface area (Å²) in [5, 5.41) is 16.5. The summed E-state index contributed by atoms with van der Waals surface area (Å²) in [6.45, 7) is 3.66. The first kappa shape index (κ1) is 19.5. The number of nitrogens with one attached hydrogen (secondary N) is 2. The molecule has 3 N–H and O–H groups in total. The van der Waals surface area contributed by atoms with Gasteiger partial charge in [0.1, 0.15) is 0 Å². The van der Waals surface area contributed by atoms with Crippen molar-refractivity contribution in [2.75, 3.05) is 26.8 Å². The molecule has 1 aliphatic rings. The Bertz CT molecular complexity index is 556. The molecule has 1 aromatic carbocycles. The number of methoxy groups -OCH3 is 1. The van der Waals surface area contributed by atoms with Crippen molar-refractivity contribution in [3.63, 3.8) is 0 Å². The van der Waals surface area contributed by atoms with Crippen LogP contribution in [0.25, 0.3) is 0 Å². The van der Waals surface area contributed by atoms with Gasteiger partial charge in [-0.25, -0.2) is 0 Å². The SMILES string of the molecule is CCNC(=O)COc1ccc(CNCC2(O)CCCCC2)cc1OC. The normalized spacial score (nSPS) is 16.3. The van der Waals surface area contributed by atoms with Crippen LogP contribution in [0.2, 0.25) is 0 Å². The molecule has 0 atom stereocenters. The summed E-state index contributed by atoms with van der Waals surface area (Å²) in [6.07, 6.45) is 5.16. The van der Waals surface area contributed by atoms with Gasteiger partial charge in [-0.15, -0.1) is 0 Å². The Hall–Kier alpha value is -1.79. The van der Waals surface area contributed by atoms with Crippen molar-refractivity contribution in [3.8, 4) is 11.5 Å². The summed E-state index contributed by atoms with van der Waals surface area (Å²) in [5.41, 5.74) is 0.472. The van der Waals surface area contributed by atoms with Gasteiger partial charge >= 0.3 is 0 Å². The third-order valence-corrected chi connectivity index (χ3v) is 4.53. The summed E-state index contributed by atoms with van der Waals surface area (Å²) in [6, 6.07) is 5.64. The van der Waals surface area contributed by atoms with Gasteiger partial charge in [0.2, 0.25) is 0 Å². The number of aliphatic hydroxyl groups is 1. The monoisotopic (exact) mass is 350 g/mol. The Labute approximate surface area is 149 Å². The second-order valence-electron chi connectivity index (χ2n) is 6.62. The zero-order chi connectivity index (χ0) is 18.1. The fourth-order valence-corrected chi connectivity index (χ4v) is 3.16. The van der Waals surface area contributed by atoms with Gasteiger partial charge in [0.15, 0.2) is 18.1 Å². The summed E-state index contributed by atoms with van der Waals surface area (Å²) in [5.74, 6) is 0.986. The van der Waals surface area contributed by atoms with E-state index in [0.29, 0.717) is 31.1 Å². The molecule has 25 heavy (non-hydrogen) atoms. The van der Waals surface area contributed by atoms with Gasteiger partial charge in [0.25, 0.3) is 5.91 Å².